The van der Waals surface area contributed by atoms with Crippen LogP contribution in [0.3, 0.4) is 0 Å². The highest BCUT2D eigenvalue weighted by Gasteiger charge is 2.17. The number of phenolic OH excluding ortho intramolecular Hbond substituents is 1. The second kappa shape index (κ2) is 8.61. The van der Waals surface area contributed by atoms with Crippen molar-refractivity contribution in [2.75, 3.05) is 7.11 Å². The minimum Gasteiger partial charge on any atom is -0.502 e. The van der Waals surface area contributed by atoms with Gasteiger partial charge in [-0.25, -0.2) is 0 Å². The van der Waals surface area contributed by atoms with Crippen LogP contribution in [-0.2, 0) is 11.2 Å². The molecule has 2 aromatic rings. The summed E-state index contributed by atoms with van der Waals surface area (Å²) in [6.45, 7) is 0. The third-order valence-electron chi connectivity index (χ3n) is 3.30. The van der Waals surface area contributed by atoms with Gasteiger partial charge in [0.05, 0.1) is 28.5 Å². The number of phenols is 1. The van der Waals surface area contributed by atoms with Gasteiger partial charge in [-0.1, -0.05) is 23.2 Å². The van der Waals surface area contributed by atoms with Gasteiger partial charge in [-0.3, -0.25) is 14.9 Å². The van der Waals surface area contributed by atoms with E-state index < -0.39 is 10.9 Å². The van der Waals surface area contributed by atoms with Crippen molar-refractivity contribution >= 4 is 35.2 Å². The first kappa shape index (κ1) is 20.3. The van der Waals surface area contributed by atoms with Crippen LogP contribution in [0.25, 0.3) is 6.08 Å². The standard InChI is InChI=1S/C17H13Cl2NO7/c1-26-13-6-9(2-3-20(24)25)7-14(16(13)23)27-17-11(18)4-10(5-12(17)19)8-15(21)22/h2-7,23H,8H2,1H3,(H,21,22)/b3-2+. The zero-order valence-electron chi connectivity index (χ0n) is 13.8. The number of methoxy groups -OCH3 is 1. The number of rotatable bonds is 7. The molecule has 2 rings (SSSR count). The number of nitro groups is 1. The van der Waals surface area contributed by atoms with Gasteiger partial charge in [-0.05, 0) is 35.4 Å². The Kier molecular flexibility index (Phi) is 6.49. The Morgan fingerprint density at radius 1 is 1.22 bits per heavy atom. The highest BCUT2D eigenvalue weighted by atomic mass is 35.5. The highest BCUT2D eigenvalue weighted by molar-refractivity contribution is 6.37. The monoisotopic (exact) mass is 413 g/mol. The lowest BCUT2D eigenvalue weighted by Crippen LogP contribution is -2.00. The molecule has 27 heavy (non-hydrogen) atoms. The molecule has 142 valence electrons. The first-order valence-electron chi connectivity index (χ1n) is 7.31. The summed E-state index contributed by atoms with van der Waals surface area (Å²) in [4.78, 5) is 20.7. The summed E-state index contributed by atoms with van der Waals surface area (Å²) >= 11 is 12.2. The maximum absolute atomic E-state index is 10.8. The lowest BCUT2D eigenvalue weighted by Gasteiger charge is -2.14. The lowest BCUT2D eigenvalue weighted by atomic mass is 10.1. The van der Waals surface area contributed by atoms with E-state index in [0.29, 0.717) is 11.1 Å². The predicted octanol–water partition coefficient (Wildman–Crippen LogP) is 4.37. The molecule has 0 heterocycles. The van der Waals surface area contributed by atoms with Crippen LogP contribution in [0.4, 0.5) is 0 Å². The SMILES string of the molecule is COc1cc(/C=C/[N+](=O)[O-])cc(Oc2c(Cl)cc(CC(=O)O)cc2Cl)c1O. The van der Waals surface area contributed by atoms with Gasteiger partial charge in [0, 0.05) is 6.08 Å². The Labute approximate surface area is 163 Å². The van der Waals surface area contributed by atoms with Crippen molar-refractivity contribution in [3.63, 3.8) is 0 Å². The number of ether oxygens (including phenoxy) is 2. The lowest BCUT2D eigenvalue weighted by molar-refractivity contribution is -0.400. The molecule has 0 spiro atoms. The molecule has 0 atom stereocenters. The van der Waals surface area contributed by atoms with Crippen LogP contribution in [0.5, 0.6) is 23.0 Å². The van der Waals surface area contributed by atoms with E-state index >= 15 is 0 Å². The van der Waals surface area contributed by atoms with Crippen molar-refractivity contribution in [2.24, 2.45) is 0 Å². The number of hydrogen-bond donors (Lipinski definition) is 2. The van der Waals surface area contributed by atoms with Crippen LogP contribution in [-0.4, -0.2) is 28.2 Å². The smallest absolute Gasteiger partial charge is 0.307 e. The fourth-order valence-electron chi connectivity index (χ4n) is 2.18. The first-order valence-corrected chi connectivity index (χ1v) is 8.07. The average Bonchev–Trinajstić information content (AvgIpc) is 2.57. The van der Waals surface area contributed by atoms with Crippen molar-refractivity contribution in [3.8, 4) is 23.0 Å². The highest BCUT2D eigenvalue weighted by Crippen LogP contribution is 2.44. The fraction of sp³-hybridized carbons (Fsp3) is 0.118. The van der Waals surface area contributed by atoms with Crippen molar-refractivity contribution in [2.45, 2.75) is 6.42 Å². The molecule has 0 aliphatic rings. The molecule has 0 aliphatic carbocycles. The first-order chi connectivity index (χ1) is 12.7. The third kappa shape index (κ3) is 5.25. The van der Waals surface area contributed by atoms with E-state index in [1.807, 2.05) is 0 Å². The number of aromatic hydroxyl groups is 1. The third-order valence-corrected chi connectivity index (χ3v) is 3.86. The van der Waals surface area contributed by atoms with E-state index in [4.69, 9.17) is 37.8 Å². The Morgan fingerprint density at radius 3 is 2.33 bits per heavy atom. The number of carbonyl (C=O) groups is 1. The number of aliphatic carboxylic acids is 1. The zero-order valence-corrected chi connectivity index (χ0v) is 15.3. The largest absolute Gasteiger partial charge is 0.502 e. The maximum atomic E-state index is 10.8. The number of carboxylic acid groups (broad SMARTS) is 1. The molecule has 0 aliphatic heterocycles. The van der Waals surface area contributed by atoms with Crippen LogP contribution in [0.1, 0.15) is 11.1 Å². The number of carboxylic acids is 1. The van der Waals surface area contributed by atoms with Gasteiger partial charge in [0.15, 0.2) is 17.2 Å². The molecule has 0 fully saturated rings. The summed E-state index contributed by atoms with van der Waals surface area (Å²) in [6.07, 6.45) is 1.63. The van der Waals surface area contributed by atoms with Gasteiger partial charge in [0.2, 0.25) is 11.9 Å². The molecule has 2 aromatic carbocycles. The molecule has 0 saturated heterocycles. The Bertz CT molecular complexity index is 905. The summed E-state index contributed by atoms with van der Waals surface area (Å²) in [6, 6.07) is 5.46. The van der Waals surface area contributed by atoms with Gasteiger partial charge in [-0.2, -0.15) is 0 Å². The molecule has 10 heteroatoms. The summed E-state index contributed by atoms with van der Waals surface area (Å²) in [7, 11) is 1.31. The zero-order chi connectivity index (χ0) is 20.1. The quantitative estimate of drug-likeness (QED) is 0.510. The molecule has 0 saturated carbocycles. The van der Waals surface area contributed by atoms with Crippen LogP contribution in [0.15, 0.2) is 30.5 Å². The number of hydrogen-bond acceptors (Lipinski definition) is 6. The fourth-order valence-corrected chi connectivity index (χ4v) is 2.79. The van der Waals surface area contributed by atoms with E-state index in [1.165, 1.54) is 37.5 Å². The van der Waals surface area contributed by atoms with Gasteiger partial charge < -0.3 is 19.7 Å². The van der Waals surface area contributed by atoms with E-state index in [9.17, 15) is 20.0 Å². The molecular formula is C17H13Cl2NO7. The molecule has 0 amide bonds. The molecule has 0 bridgehead atoms. The summed E-state index contributed by atoms with van der Waals surface area (Å²) in [5.41, 5.74) is 0.695. The van der Waals surface area contributed by atoms with Gasteiger partial charge in [0.1, 0.15) is 0 Å². The number of halogens is 2. The Balaban J connectivity index is 2.45. The Morgan fingerprint density at radius 2 is 1.81 bits per heavy atom. The number of nitrogens with zero attached hydrogens (tertiary/aromatic N) is 1. The summed E-state index contributed by atoms with van der Waals surface area (Å²) < 4.78 is 10.6. The molecule has 2 N–H and O–H groups in total. The van der Waals surface area contributed by atoms with Crippen molar-refractivity contribution < 1.29 is 29.4 Å². The van der Waals surface area contributed by atoms with Crippen molar-refractivity contribution in [3.05, 3.63) is 61.8 Å². The van der Waals surface area contributed by atoms with Crippen LogP contribution < -0.4 is 9.47 Å². The second-order valence-electron chi connectivity index (χ2n) is 5.23. The predicted molar refractivity (Wildman–Crippen MR) is 98.6 cm³/mol. The van der Waals surface area contributed by atoms with E-state index in [-0.39, 0.29) is 39.5 Å². The van der Waals surface area contributed by atoms with Gasteiger partial charge >= 0.3 is 5.97 Å². The summed E-state index contributed by atoms with van der Waals surface area (Å²) in [5.74, 6) is -1.52. The van der Waals surface area contributed by atoms with Crippen LogP contribution in [0, 0.1) is 10.1 Å². The second-order valence-corrected chi connectivity index (χ2v) is 6.05. The Hall–Kier alpha value is -2.97. The van der Waals surface area contributed by atoms with Gasteiger partial charge in [0.25, 0.3) is 0 Å². The molecular weight excluding hydrogens is 401 g/mol. The average molecular weight is 414 g/mol. The summed E-state index contributed by atoms with van der Waals surface area (Å²) in [5, 5.41) is 29.6. The minimum absolute atomic E-state index is 0.0137. The van der Waals surface area contributed by atoms with E-state index in [0.717, 1.165) is 6.20 Å². The molecule has 0 radical (unpaired) electrons. The van der Waals surface area contributed by atoms with Crippen molar-refractivity contribution in [1.29, 1.82) is 0 Å². The van der Waals surface area contributed by atoms with Crippen molar-refractivity contribution in [1.82, 2.24) is 0 Å². The minimum atomic E-state index is -1.05. The number of benzene rings is 2. The molecule has 0 aromatic heterocycles. The van der Waals surface area contributed by atoms with E-state index in [1.54, 1.807) is 0 Å². The molecule has 0 unspecified atom stereocenters. The maximum Gasteiger partial charge on any atom is 0.307 e. The van der Waals surface area contributed by atoms with Crippen LogP contribution >= 0.6 is 23.2 Å². The topological polar surface area (TPSA) is 119 Å². The normalized spacial score (nSPS) is 10.8. The van der Waals surface area contributed by atoms with E-state index in [2.05, 4.69) is 0 Å². The molecule has 8 nitrogen and oxygen atoms in total. The van der Waals surface area contributed by atoms with Gasteiger partial charge in [-0.15, -0.1) is 0 Å². The van der Waals surface area contributed by atoms with Crippen LogP contribution in [0.2, 0.25) is 10.0 Å².